The largest absolute Gasteiger partial charge is 0.413 e. The number of hydrogen-bond donors (Lipinski definition) is 3. The summed E-state index contributed by atoms with van der Waals surface area (Å²) in [7, 11) is 0. The van der Waals surface area contributed by atoms with E-state index in [-0.39, 0.29) is 18.2 Å². The molecule has 1 fully saturated rings. The van der Waals surface area contributed by atoms with Gasteiger partial charge in [-0.2, -0.15) is 0 Å². The molecule has 0 spiro atoms. The zero-order chi connectivity index (χ0) is 18.4. The number of quaternary nitrogens is 2. The molecule has 1 aromatic carbocycles. The van der Waals surface area contributed by atoms with Crippen molar-refractivity contribution >= 4 is 17.4 Å². The topological polar surface area (TPSA) is 47.2 Å². The van der Waals surface area contributed by atoms with Gasteiger partial charge in [-0.1, -0.05) is 24.3 Å². The fraction of sp³-hybridized carbons (Fsp3) is 0.450. The first kappa shape index (κ1) is 18.9. The molecule has 0 aliphatic carbocycles. The van der Waals surface area contributed by atoms with Crippen LogP contribution in [0.25, 0.3) is 0 Å². The highest BCUT2D eigenvalue weighted by Crippen LogP contribution is 2.20. The van der Waals surface area contributed by atoms with Gasteiger partial charge in [-0.25, -0.2) is 4.79 Å². The molecule has 1 aliphatic rings. The number of ether oxygens (including phenoxy) is 1. The third kappa shape index (κ3) is 4.84. The average Bonchev–Trinajstić information content (AvgIpc) is 3.17. The number of hydrogen-bond acceptors (Lipinski definition) is 3. The smallest absolute Gasteiger partial charge is 0.410 e. The molecule has 2 heterocycles. The van der Waals surface area contributed by atoms with E-state index >= 15 is 0 Å². The van der Waals surface area contributed by atoms with Crippen molar-refractivity contribution in [3.63, 3.8) is 0 Å². The number of likely N-dealkylation sites (N-methyl/N-ethyl adjacent to an activating group) is 1. The summed E-state index contributed by atoms with van der Waals surface area (Å²) in [6.07, 6.45) is -0.387. The molecule has 1 aromatic heterocycles. The van der Waals surface area contributed by atoms with Crippen molar-refractivity contribution in [3.05, 3.63) is 52.7 Å². The molecule has 3 N–H and O–H groups in total. The van der Waals surface area contributed by atoms with E-state index in [4.69, 9.17) is 4.74 Å². The van der Waals surface area contributed by atoms with Gasteiger partial charge in [0.05, 0.1) is 17.5 Å². The van der Waals surface area contributed by atoms with Crippen LogP contribution in [0.3, 0.4) is 0 Å². The fourth-order valence-corrected chi connectivity index (χ4v) is 4.74. The minimum absolute atomic E-state index is 0.00281. The van der Waals surface area contributed by atoms with Crippen molar-refractivity contribution in [2.24, 2.45) is 0 Å². The number of benzene rings is 1. The van der Waals surface area contributed by atoms with Crippen molar-refractivity contribution < 1.29 is 19.3 Å². The van der Waals surface area contributed by atoms with Crippen LogP contribution in [0, 0.1) is 0 Å². The van der Waals surface area contributed by atoms with Gasteiger partial charge in [0.2, 0.25) is 0 Å². The van der Waals surface area contributed by atoms with Gasteiger partial charge in [-0.3, -0.25) is 0 Å². The van der Waals surface area contributed by atoms with Gasteiger partial charge in [-0.05, 0) is 37.4 Å². The average molecular weight is 376 g/mol. The Morgan fingerprint density at radius 2 is 1.88 bits per heavy atom. The lowest BCUT2D eigenvalue weighted by Crippen LogP contribution is -3.28. The molecule has 3 rings (SSSR count). The number of piperazine rings is 1. The van der Waals surface area contributed by atoms with Crippen LogP contribution in [-0.2, 0) is 0 Å². The van der Waals surface area contributed by atoms with Gasteiger partial charge in [0.25, 0.3) is 0 Å². The molecule has 0 bridgehead atoms. The first-order valence-corrected chi connectivity index (χ1v) is 10.3. The number of thiophene rings is 1. The van der Waals surface area contributed by atoms with E-state index < -0.39 is 0 Å². The SMILES string of the molecule is CC[NH+]1CC[NH+]([C@@H](c2cccs2)[C@H](C)NC(=O)Oc2ccccc2)CC1. The van der Waals surface area contributed by atoms with Gasteiger partial charge >= 0.3 is 6.09 Å². The Kier molecular flexibility index (Phi) is 6.66. The number of para-hydroxylation sites is 1. The van der Waals surface area contributed by atoms with E-state index in [9.17, 15) is 4.79 Å². The molecule has 6 heteroatoms. The lowest BCUT2D eigenvalue weighted by molar-refractivity contribution is -1.03. The summed E-state index contributed by atoms with van der Waals surface area (Å²) >= 11 is 1.77. The molecule has 0 unspecified atom stereocenters. The maximum absolute atomic E-state index is 12.3. The second kappa shape index (κ2) is 9.16. The van der Waals surface area contributed by atoms with Crippen LogP contribution in [0.2, 0.25) is 0 Å². The van der Waals surface area contributed by atoms with Crippen LogP contribution >= 0.6 is 11.3 Å². The van der Waals surface area contributed by atoms with Crippen molar-refractivity contribution in [3.8, 4) is 5.75 Å². The standard InChI is InChI=1S/C20H27N3O2S/c1-3-22-11-13-23(14-12-22)19(18-10-7-15-26-18)16(2)21-20(24)25-17-8-5-4-6-9-17/h4-10,15-16,19H,3,11-14H2,1-2H3,(H,21,24)/p+2/t16-,19+/m0/s1. The van der Waals surface area contributed by atoms with Gasteiger partial charge in [0.1, 0.15) is 38.0 Å². The third-order valence-electron chi connectivity index (χ3n) is 5.19. The number of nitrogens with one attached hydrogen (secondary N) is 3. The Morgan fingerprint density at radius 1 is 1.15 bits per heavy atom. The highest BCUT2D eigenvalue weighted by molar-refractivity contribution is 7.10. The molecule has 2 aromatic rings. The Morgan fingerprint density at radius 3 is 2.50 bits per heavy atom. The minimum atomic E-state index is -0.387. The predicted molar refractivity (Wildman–Crippen MR) is 104 cm³/mol. The minimum Gasteiger partial charge on any atom is -0.410 e. The number of amides is 1. The van der Waals surface area contributed by atoms with E-state index in [2.05, 4.69) is 36.7 Å². The van der Waals surface area contributed by atoms with E-state index in [1.54, 1.807) is 33.3 Å². The molecule has 5 nitrogen and oxygen atoms in total. The van der Waals surface area contributed by atoms with E-state index in [1.807, 2.05) is 18.2 Å². The van der Waals surface area contributed by atoms with Crippen LogP contribution in [0.15, 0.2) is 47.8 Å². The molecule has 1 aliphatic heterocycles. The van der Waals surface area contributed by atoms with Crippen molar-refractivity contribution in [1.82, 2.24) is 5.32 Å². The van der Waals surface area contributed by atoms with Crippen molar-refractivity contribution in [1.29, 1.82) is 0 Å². The second-order valence-electron chi connectivity index (χ2n) is 6.89. The molecular formula is C20H29N3O2S+2. The monoisotopic (exact) mass is 375 g/mol. The summed E-state index contributed by atoms with van der Waals surface area (Å²) in [5.74, 6) is 0.567. The molecule has 1 amide bonds. The number of carbonyl (C=O) groups is 1. The molecule has 1 saturated heterocycles. The first-order chi connectivity index (χ1) is 12.7. The quantitative estimate of drug-likeness (QED) is 0.699. The first-order valence-electron chi connectivity index (χ1n) is 9.42. The number of carbonyl (C=O) groups excluding carboxylic acids is 1. The molecular weight excluding hydrogens is 346 g/mol. The molecule has 140 valence electrons. The van der Waals surface area contributed by atoms with Gasteiger partial charge in [-0.15, -0.1) is 11.3 Å². The van der Waals surface area contributed by atoms with Gasteiger partial charge in [0.15, 0.2) is 0 Å². The molecule has 0 saturated carbocycles. The van der Waals surface area contributed by atoms with Crippen molar-refractivity contribution in [2.45, 2.75) is 25.9 Å². The normalized spacial score (nSPS) is 22.4. The highest BCUT2D eigenvalue weighted by Gasteiger charge is 2.35. The molecule has 2 atom stereocenters. The summed E-state index contributed by atoms with van der Waals surface area (Å²) in [5, 5.41) is 5.17. The second-order valence-corrected chi connectivity index (χ2v) is 7.87. The Labute approximate surface area is 159 Å². The van der Waals surface area contributed by atoms with Gasteiger partial charge < -0.3 is 19.9 Å². The van der Waals surface area contributed by atoms with Crippen molar-refractivity contribution in [2.75, 3.05) is 32.7 Å². The van der Waals surface area contributed by atoms with Crippen LogP contribution in [-0.4, -0.2) is 44.9 Å². The summed E-state index contributed by atoms with van der Waals surface area (Å²) < 4.78 is 5.41. The van der Waals surface area contributed by atoms with E-state index in [0.717, 1.165) is 13.1 Å². The highest BCUT2D eigenvalue weighted by atomic mass is 32.1. The summed E-state index contributed by atoms with van der Waals surface area (Å²) in [5.41, 5.74) is 0. The zero-order valence-corrected chi connectivity index (χ0v) is 16.4. The maximum atomic E-state index is 12.3. The molecule has 26 heavy (non-hydrogen) atoms. The summed E-state index contributed by atoms with van der Waals surface area (Å²) in [4.78, 5) is 16.9. The number of rotatable bonds is 6. The summed E-state index contributed by atoms with van der Waals surface area (Å²) in [6, 6.07) is 13.7. The Balaban J connectivity index is 1.65. The Bertz CT molecular complexity index is 670. The van der Waals surface area contributed by atoms with Crippen LogP contribution < -0.4 is 19.9 Å². The fourth-order valence-electron chi connectivity index (χ4n) is 3.75. The molecule has 0 radical (unpaired) electrons. The Hall–Kier alpha value is -1.89. The lowest BCUT2D eigenvalue weighted by atomic mass is 10.1. The predicted octanol–water partition coefficient (Wildman–Crippen LogP) is 0.770. The third-order valence-corrected chi connectivity index (χ3v) is 6.14. The lowest BCUT2D eigenvalue weighted by Gasteiger charge is -2.36. The zero-order valence-electron chi connectivity index (χ0n) is 15.5. The summed E-state index contributed by atoms with van der Waals surface area (Å²) in [6.45, 7) is 10.2. The van der Waals surface area contributed by atoms with Crippen LogP contribution in [0.5, 0.6) is 5.75 Å². The van der Waals surface area contributed by atoms with Crippen LogP contribution in [0.4, 0.5) is 4.79 Å². The van der Waals surface area contributed by atoms with Crippen LogP contribution in [0.1, 0.15) is 24.8 Å². The van der Waals surface area contributed by atoms with E-state index in [1.165, 1.54) is 24.5 Å². The van der Waals surface area contributed by atoms with Gasteiger partial charge in [0, 0.05) is 0 Å². The van der Waals surface area contributed by atoms with E-state index in [0.29, 0.717) is 5.75 Å². The maximum Gasteiger partial charge on any atom is 0.413 e.